The summed E-state index contributed by atoms with van der Waals surface area (Å²) in [5.74, 6) is 1.11. The van der Waals surface area contributed by atoms with Crippen LogP contribution < -0.4 is 5.32 Å². The number of amides is 1. The monoisotopic (exact) mass is 373 g/mol. The number of aliphatic hydroxyl groups excluding tert-OH is 1. The van der Waals surface area contributed by atoms with Crippen molar-refractivity contribution in [1.82, 2.24) is 0 Å². The van der Waals surface area contributed by atoms with Crippen LogP contribution in [0, 0.1) is 17.8 Å². The molecule has 1 fully saturated rings. The third kappa shape index (κ3) is 5.11. The van der Waals surface area contributed by atoms with Crippen LogP contribution in [0.25, 0.3) is 0 Å². The number of carbonyl (C=O) groups excluding carboxylic acids is 1. The Hall–Kier alpha value is -1.85. The molecule has 1 amide bonds. The van der Waals surface area contributed by atoms with E-state index in [-0.39, 0.29) is 24.3 Å². The summed E-state index contributed by atoms with van der Waals surface area (Å²) in [4.78, 5) is 12.8. The zero-order valence-electron chi connectivity index (χ0n) is 16.1. The molecule has 1 aromatic carbocycles. The molecule has 0 spiro atoms. The second-order valence-electron chi connectivity index (χ2n) is 7.44. The lowest BCUT2D eigenvalue weighted by Gasteiger charge is -2.39. The number of allylic oxidation sites excluding steroid dienone is 1. The van der Waals surface area contributed by atoms with Gasteiger partial charge in [0.1, 0.15) is 0 Å². The predicted octanol–water partition coefficient (Wildman–Crippen LogP) is 4.10. The molecular formula is C22H31NO4. The minimum absolute atomic E-state index is 0.164. The fourth-order valence-electron chi connectivity index (χ4n) is 4.38. The molecule has 1 aliphatic heterocycles. The van der Waals surface area contributed by atoms with Gasteiger partial charge in [-0.2, -0.15) is 0 Å². The van der Waals surface area contributed by atoms with E-state index in [9.17, 15) is 9.90 Å². The van der Waals surface area contributed by atoms with Gasteiger partial charge in [-0.25, -0.2) is 0 Å². The molecule has 3 rings (SSSR count). The van der Waals surface area contributed by atoms with E-state index < -0.39 is 6.29 Å². The fraction of sp³-hybridized carbons (Fsp3) is 0.591. The summed E-state index contributed by atoms with van der Waals surface area (Å²) < 4.78 is 11.9. The van der Waals surface area contributed by atoms with Gasteiger partial charge in [-0.15, -0.1) is 0 Å². The normalized spacial score (nSPS) is 25.7. The van der Waals surface area contributed by atoms with E-state index >= 15 is 0 Å². The zero-order chi connectivity index (χ0) is 19.1. The maximum atomic E-state index is 12.8. The van der Waals surface area contributed by atoms with Crippen LogP contribution in [0.1, 0.15) is 45.4 Å². The summed E-state index contributed by atoms with van der Waals surface area (Å²) in [6, 6.07) is 9.42. The zero-order valence-corrected chi connectivity index (χ0v) is 16.1. The van der Waals surface area contributed by atoms with Crippen molar-refractivity contribution in [2.75, 3.05) is 18.5 Å². The van der Waals surface area contributed by atoms with E-state index in [1.807, 2.05) is 43.3 Å². The molecule has 27 heavy (non-hydrogen) atoms. The molecule has 2 aliphatic rings. The molecule has 5 nitrogen and oxygen atoms in total. The topological polar surface area (TPSA) is 67.8 Å². The lowest BCUT2D eigenvalue weighted by molar-refractivity contribution is -0.174. The highest BCUT2D eigenvalue weighted by Crippen LogP contribution is 2.43. The third-order valence-corrected chi connectivity index (χ3v) is 5.66. The van der Waals surface area contributed by atoms with Crippen molar-refractivity contribution in [2.24, 2.45) is 17.8 Å². The van der Waals surface area contributed by atoms with Crippen molar-refractivity contribution in [2.45, 2.75) is 51.7 Å². The Kier molecular flexibility index (Phi) is 7.30. The van der Waals surface area contributed by atoms with Crippen LogP contribution in [0.3, 0.4) is 0 Å². The number of benzene rings is 1. The number of ether oxygens (including phenoxy) is 2. The molecule has 5 heteroatoms. The van der Waals surface area contributed by atoms with Crippen LogP contribution in [0.15, 0.2) is 42.2 Å². The molecule has 0 unspecified atom stereocenters. The quantitative estimate of drug-likeness (QED) is 0.720. The Morgan fingerprint density at radius 3 is 2.67 bits per heavy atom. The van der Waals surface area contributed by atoms with Gasteiger partial charge in [0.15, 0.2) is 5.76 Å². The van der Waals surface area contributed by atoms with Gasteiger partial charge in [-0.3, -0.25) is 4.79 Å². The highest BCUT2D eigenvalue weighted by atomic mass is 16.7. The van der Waals surface area contributed by atoms with Gasteiger partial charge in [-0.05, 0) is 62.7 Å². The number of hydrogen-bond acceptors (Lipinski definition) is 4. The molecule has 148 valence electrons. The van der Waals surface area contributed by atoms with Crippen LogP contribution >= 0.6 is 0 Å². The number of para-hydroxylation sites is 1. The van der Waals surface area contributed by atoms with Gasteiger partial charge >= 0.3 is 0 Å². The number of hydrogen-bond donors (Lipinski definition) is 2. The fourth-order valence-corrected chi connectivity index (χ4v) is 4.38. The Labute approximate surface area is 161 Å². The van der Waals surface area contributed by atoms with Crippen molar-refractivity contribution >= 4 is 11.6 Å². The molecule has 2 N–H and O–H groups in total. The molecule has 1 saturated carbocycles. The molecule has 1 aromatic rings. The highest BCUT2D eigenvalue weighted by molar-refractivity contribution is 6.02. The van der Waals surface area contributed by atoms with E-state index in [1.165, 1.54) is 25.7 Å². The van der Waals surface area contributed by atoms with E-state index in [1.54, 1.807) is 0 Å². The van der Waals surface area contributed by atoms with Crippen LogP contribution in [0.4, 0.5) is 5.69 Å². The second-order valence-corrected chi connectivity index (χ2v) is 7.44. The molecule has 3 atom stereocenters. The second kappa shape index (κ2) is 9.90. The van der Waals surface area contributed by atoms with Gasteiger partial charge in [-0.1, -0.05) is 31.0 Å². The summed E-state index contributed by atoms with van der Waals surface area (Å²) in [7, 11) is 0. The third-order valence-electron chi connectivity index (χ3n) is 5.66. The van der Waals surface area contributed by atoms with Crippen LogP contribution in [0.2, 0.25) is 0 Å². The van der Waals surface area contributed by atoms with Crippen LogP contribution in [-0.2, 0) is 14.3 Å². The summed E-state index contributed by atoms with van der Waals surface area (Å²) in [5.41, 5.74) is 0.750. The van der Waals surface area contributed by atoms with E-state index in [2.05, 4.69) is 5.32 Å². The SMILES string of the molecule is CCO[C@H]1OC(C(=O)Nc2ccccc2)=C[C@@H](C2CCCC2)[C@@H]1CCCO. The van der Waals surface area contributed by atoms with Crippen LogP contribution in [-0.4, -0.2) is 30.5 Å². The highest BCUT2D eigenvalue weighted by Gasteiger charge is 2.41. The van der Waals surface area contributed by atoms with Gasteiger partial charge in [0.25, 0.3) is 5.91 Å². The first-order valence-corrected chi connectivity index (χ1v) is 10.2. The Bertz CT molecular complexity index is 624. The predicted molar refractivity (Wildman–Crippen MR) is 105 cm³/mol. The molecule has 1 aliphatic carbocycles. The Morgan fingerprint density at radius 2 is 2.00 bits per heavy atom. The molecular weight excluding hydrogens is 342 g/mol. The van der Waals surface area contributed by atoms with Gasteiger partial charge in [0.2, 0.25) is 6.29 Å². The van der Waals surface area contributed by atoms with Crippen molar-refractivity contribution in [1.29, 1.82) is 0 Å². The van der Waals surface area contributed by atoms with Crippen molar-refractivity contribution < 1.29 is 19.4 Å². The summed E-state index contributed by atoms with van der Waals surface area (Å²) in [6.07, 6.45) is 8.00. The number of nitrogens with one attached hydrogen (secondary N) is 1. The molecule has 0 bridgehead atoms. The van der Waals surface area contributed by atoms with E-state index in [0.29, 0.717) is 18.3 Å². The number of carbonyl (C=O) groups is 1. The summed E-state index contributed by atoms with van der Waals surface area (Å²) in [5, 5.41) is 12.2. The molecule has 0 radical (unpaired) electrons. The van der Waals surface area contributed by atoms with Crippen molar-refractivity contribution in [3.63, 3.8) is 0 Å². The lowest BCUT2D eigenvalue weighted by atomic mass is 9.76. The number of aliphatic hydroxyl groups is 1. The Morgan fingerprint density at radius 1 is 1.26 bits per heavy atom. The van der Waals surface area contributed by atoms with Gasteiger partial charge < -0.3 is 19.9 Å². The summed E-state index contributed by atoms with van der Waals surface area (Å²) in [6.45, 7) is 2.64. The Balaban J connectivity index is 1.82. The first-order valence-electron chi connectivity index (χ1n) is 10.2. The van der Waals surface area contributed by atoms with Crippen molar-refractivity contribution in [3.05, 3.63) is 42.2 Å². The minimum Gasteiger partial charge on any atom is -0.459 e. The first kappa shape index (κ1) is 19.9. The maximum absolute atomic E-state index is 12.8. The standard InChI is InChI=1S/C22H31NO4/c1-2-26-22-18(13-8-14-24)19(16-9-6-7-10-16)15-20(27-22)21(25)23-17-11-4-3-5-12-17/h3-5,11-12,15-16,18-19,22,24H,2,6-10,13-14H2,1H3,(H,23,25)/t18-,19-,22-/m0/s1. The van der Waals surface area contributed by atoms with Crippen molar-refractivity contribution in [3.8, 4) is 0 Å². The number of anilines is 1. The number of rotatable bonds is 8. The average molecular weight is 373 g/mol. The smallest absolute Gasteiger partial charge is 0.290 e. The van der Waals surface area contributed by atoms with Gasteiger partial charge in [0, 0.05) is 24.8 Å². The lowest BCUT2D eigenvalue weighted by Crippen LogP contribution is -2.40. The molecule has 0 saturated heterocycles. The van der Waals surface area contributed by atoms with Gasteiger partial charge in [0.05, 0.1) is 0 Å². The first-order chi connectivity index (χ1) is 13.2. The van der Waals surface area contributed by atoms with E-state index in [0.717, 1.165) is 18.5 Å². The minimum atomic E-state index is -0.436. The molecule has 0 aromatic heterocycles. The van der Waals surface area contributed by atoms with E-state index in [4.69, 9.17) is 9.47 Å². The largest absolute Gasteiger partial charge is 0.459 e. The average Bonchev–Trinajstić information content (AvgIpc) is 3.22. The molecule has 1 heterocycles. The van der Waals surface area contributed by atoms with Crippen LogP contribution in [0.5, 0.6) is 0 Å². The maximum Gasteiger partial charge on any atom is 0.290 e. The summed E-state index contributed by atoms with van der Waals surface area (Å²) >= 11 is 0.